The van der Waals surface area contributed by atoms with Gasteiger partial charge in [0.25, 0.3) is 5.91 Å². The molecule has 2 N–H and O–H groups in total. The number of hydrogen-bond acceptors (Lipinski definition) is 6. The summed E-state index contributed by atoms with van der Waals surface area (Å²) in [5.41, 5.74) is 1.88. The normalized spacial score (nSPS) is 10.8. The number of imide groups is 1. The van der Waals surface area contributed by atoms with E-state index in [1.165, 1.54) is 13.3 Å². The average Bonchev–Trinajstić information content (AvgIpc) is 2.97. The van der Waals surface area contributed by atoms with Gasteiger partial charge in [-0.3, -0.25) is 14.0 Å². The van der Waals surface area contributed by atoms with Gasteiger partial charge in [0.05, 0.1) is 7.11 Å². The highest BCUT2D eigenvalue weighted by atomic mass is 16.5. The maximum absolute atomic E-state index is 12.3. The second-order valence-electron chi connectivity index (χ2n) is 5.15. The van der Waals surface area contributed by atoms with E-state index in [1.54, 1.807) is 4.40 Å². The molecule has 2 amide bonds. The number of carbonyl (C=O) groups is 2. The van der Waals surface area contributed by atoms with Gasteiger partial charge < -0.3 is 4.74 Å². The average molecular weight is 319 g/mol. The fraction of sp³-hybridized carbons (Fsp3) is 0.467. The smallest absolute Gasteiger partial charge is 0.295 e. The first-order chi connectivity index (χ1) is 10.9. The van der Waals surface area contributed by atoms with Crippen LogP contribution in [0.4, 0.5) is 0 Å². The van der Waals surface area contributed by atoms with Gasteiger partial charge in [-0.25, -0.2) is 15.8 Å². The molecule has 0 atom stereocenters. The van der Waals surface area contributed by atoms with Crippen molar-refractivity contribution < 1.29 is 14.3 Å². The van der Waals surface area contributed by atoms with E-state index in [0.29, 0.717) is 23.1 Å². The summed E-state index contributed by atoms with van der Waals surface area (Å²) in [6.07, 6.45) is 3.10. The Morgan fingerprint density at radius 3 is 2.61 bits per heavy atom. The number of aromatic nitrogens is 3. The Balaban J connectivity index is 2.46. The number of rotatable bonds is 5. The van der Waals surface area contributed by atoms with Crippen molar-refractivity contribution in [3.05, 3.63) is 23.1 Å². The summed E-state index contributed by atoms with van der Waals surface area (Å²) in [7, 11) is 1.54. The van der Waals surface area contributed by atoms with Crippen LogP contribution in [0.2, 0.25) is 0 Å². The number of ether oxygens (including phenoxy) is 1. The van der Waals surface area contributed by atoms with Crippen LogP contribution in [0.15, 0.2) is 6.20 Å². The molecule has 0 aliphatic carbocycles. The third-order valence-corrected chi connectivity index (χ3v) is 3.66. The standard InChI is InChI=1S/C15H21N5O3/c1-5-7-12(21)20(16)14(22)11-8-19-9(3)10(6-2)13(23-4)18-15(19)17-11/h8H,5-7,16H2,1-4H3. The van der Waals surface area contributed by atoms with Gasteiger partial charge >= 0.3 is 0 Å². The number of hydrogen-bond donors (Lipinski definition) is 1. The number of hydrazine groups is 1. The number of methoxy groups -OCH3 is 1. The van der Waals surface area contributed by atoms with Crippen LogP contribution < -0.4 is 10.6 Å². The van der Waals surface area contributed by atoms with E-state index in [4.69, 9.17) is 10.6 Å². The van der Waals surface area contributed by atoms with E-state index >= 15 is 0 Å². The lowest BCUT2D eigenvalue weighted by molar-refractivity contribution is -0.128. The van der Waals surface area contributed by atoms with E-state index < -0.39 is 11.8 Å². The number of carbonyl (C=O) groups excluding carboxylic acids is 2. The first-order valence-electron chi connectivity index (χ1n) is 7.49. The lowest BCUT2D eigenvalue weighted by Gasteiger charge is -2.12. The number of amides is 2. The van der Waals surface area contributed by atoms with E-state index in [0.717, 1.165) is 17.7 Å². The van der Waals surface area contributed by atoms with E-state index in [-0.39, 0.29) is 12.1 Å². The molecule has 2 aromatic heterocycles. The summed E-state index contributed by atoms with van der Waals surface area (Å²) in [4.78, 5) is 32.5. The maximum atomic E-state index is 12.3. The van der Waals surface area contributed by atoms with Crippen LogP contribution in [-0.2, 0) is 11.2 Å². The number of fused-ring (bicyclic) bond motifs is 1. The third kappa shape index (κ3) is 3.02. The predicted molar refractivity (Wildman–Crippen MR) is 83.9 cm³/mol. The zero-order valence-electron chi connectivity index (χ0n) is 13.8. The fourth-order valence-corrected chi connectivity index (χ4v) is 2.40. The van der Waals surface area contributed by atoms with Crippen LogP contribution in [0.25, 0.3) is 5.78 Å². The summed E-state index contributed by atoms with van der Waals surface area (Å²) >= 11 is 0. The van der Waals surface area contributed by atoms with Crippen LogP contribution in [0, 0.1) is 6.92 Å². The van der Waals surface area contributed by atoms with Gasteiger partial charge in [0.2, 0.25) is 17.6 Å². The molecular weight excluding hydrogens is 298 g/mol. The monoisotopic (exact) mass is 319 g/mol. The molecule has 8 nitrogen and oxygen atoms in total. The van der Waals surface area contributed by atoms with Crippen molar-refractivity contribution in [3.63, 3.8) is 0 Å². The van der Waals surface area contributed by atoms with Crippen molar-refractivity contribution in [2.75, 3.05) is 7.11 Å². The molecule has 0 saturated carbocycles. The summed E-state index contributed by atoms with van der Waals surface area (Å²) in [5.74, 6) is 5.31. The largest absolute Gasteiger partial charge is 0.481 e. The van der Waals surface area contributed by atoms with E-state index in [2.05, 4.69) is 9.97 Å². The van der Waals surface area contributed by atoms with Crippen LogP contribution in [0.5, 0.6) is 5.88 Å². The lowest BCUT2D eigenvalue weighted by Crippen LogP contribution is -2.42. The molecule has 0 bridgehead atoms. The van der Waals surface area contributed by atoms with Gasteiger partial charge in [0.1, 0.15) is 0 Å². The molecule has 2 heterocycles. The summed E-state index contributed by atoms with van der Waals surface area (Å²) in [6.45, 7) is 5.73. The number of aryl methyl sites for hydroxylation is 1. The Labute approximate surface area is 134 Å². The molecule has 0 saturated heterocycles. The van der Waals surface area contributed by atoms with Crippen molar-refractivity contribution in [2.45, 2.75) is 40.0 Å². The maximum Gasteiger partial charge on any atom is 0.295 e. The minimum Gasteiger partial charge on any atom is -0.481 e. The molecule has 2 rings (SSSR count). The fourth-order valence-electron chi connectivity index (χ4n) is 2.40. The minimum atomic E-state index is -0.648. The van der Waals surface area contributed by atoms with Gasteiger partial charge in [0, 0.05) is 23.9 Å². The Hall–Kier alpha value is -2.48. The Bertz CT molecular complexity index is 753. The highest BCUT2D eigenvalue weighted by molar-refractivity contribution is 6.03. The van der Waals surface area contributed by atoms with Gasteiger partial charge in [-0.2, -0.15) is 4.98 Å². The van der Waals surface area contributed by atoms with Crippen molar-refractivity contribution in [1.82, 2.24) is 19.4 Å². The SMILES string of the molecule is CCCC(=O)N(N)C(=O)c1cn2c(C)c(CC)c(OC)nc2n1. The third-order valence-electron chi connectivity index (χ3n) is 3.66. The molecule has 0 fully saturated rings. The summed E-state index contributed by atoms with van der Waals surface area (Å²) in [6, 6.07) is 0. The van der Waals surface area contributed by atoms with E-state index in [1.807, 2.05) is 20.8 Å². The van der Waals surface area contributed by atoms with Gasteiger partial charge in [-0.15, -0.1) is 0 Å². The summed E-state index contributed by atoms with van der Waals surface area (Å²) < 4.78 is 6.98. The van der Waals surface area contributed by atoms with Gasteiger partial charge in [-0.1, -0.05) is 13.8 Å². The Morgan fingerprint density at radius 1 is 1.35 bits per heavy atom. The van der Waals surface area contributed by atoms with Crippen LogP contribution in [0.1, 0.15) is 48.4 Å². The summed E-state index contributed by atoms with van der Waals surface area (Å²) in [5, 5.41) is 0.610. The Kier molecular flexibility index (Phi) is 4.95. The van der Waals surface area contributed by atoms with E-state index in [9.17, 15) is 9.59 Å². The zero-order chi connectivity index (χ0) is 17.1. The van der Waals surface area contributed by atoms with Gasteiger partial charge in [-0.05, 0) is 19.8 Å². The number of nitrogens with zero attached hydrogens (tertiary/aromatic N) is 4. The molecule has 0 unspecified atom stereocenters. The van der Waals surface area contributed by atoms with Crippen LogP contribution >= 0.6 is 0 Å². The molecule has 0 radical (unpaired) electrons. The van der Waals surface area contributed by atoms with Crippen molar-refractivity contribution >= 4 is 17.6 Å². The molecule has 23 heavy (non-hydrogen) atoms. The first kappa shape index (κ1) is 16.9. The Morgan fingerprint density at radius 2 is 2.04 bits per heavy atom. The molecule has 8 heteroatoms. The van der Waals surface area contributed by atoms with Crippen molar-refractivity contribution in [3.8, 4) is 5.88 Å². The minimum absolute atomic E-state index is 0.0721. The second-order valence-corrected chi connectivity index (χ2v) is 5.15. The first-order valence-corrected chi connectivity index (χ1v) is 7.49. The van der Waals surface area contributed by atoms with Crippen LogP contribution in [0.3, 0.4) is 0 Å². The quantitative estimate of drug-likeness (QED) is 0.505. The number of imidazole rings is 1. The molecule has 0 aliphatic heterocycles. The molecule has 0 spiro atoms. The van der Waals surface area contributed by atoms with Crippen molar-refractivity contribution in [1.29, 1.82) is 0 Å². The van der Waals surface area contributed by atoms with Gasteiger partial charge in [0.15, 0.2) is 5.69 Å². The zero-order valence-corrected chi connectivity index (χ0v) is 13.8. The highest BCUT2D eigenvalue weighted by Gasteiger charge is 2.23. The van der Waals surface area contributed by atoms with Crippen LogP contribution in [-0.4, -0.2) is 38.3 Å². The molecule has 0 aromatic carbocycles. The lowest BCUT2D eigenvalue weighted by atomic mass is 10.2. The topological polar surface area (TPSA) is 103 Å². The number of nitrogens with two attached hydrogens (primary N) is 1. The second kappa shape index (κ2) is 6.74. The molecule has 0 aliphatic rings. The molecule has 124 valence electrons. The van der Waals surface area contributed by atoms with Crippen molar-refractivity contribution in [2.24, 2.45) is 5.84 Å². The molecular formula is C15H21N5O3. The highest BCUT2D eigenvalue weighted by Crippen LogP contribution is 2.22. The molecule has 2 aromatic rings. The predicted octanol–water partition coefficient (Wildman–Crippen LogP) is 1.25.